The Morgan fingerprint density at radius 1 is 0.449 bits per heavy atom. The van der Waals surface area contributed by atoms with E-state index in [1.54, 1.807) is 0 Å². The van der Waals surface area contributed by atoms with Crippen LogP contribution in [0, 0.1) is 0 Å². The average Bonchev–Trinajstić information content (AvgIpc) is 3.45. The number of aliphatic hydroxyl groups excluding tert-OH is 5. The van der Waals surface area contributed by atoms with Crippen LogP contribution >= 0.6 is 0 Å². The monoisotopic (exact) mass is 1100 g/mol. The summed E-state index contributed by atoms with van der Waals surface area (Å²) in [7, 11) is 0. The van der Waals surface area contributed by atoms with E-state index in [1.165, 1.54) is 218 Å². The highest BCUT2D eigenvalue weighted by Gasteiger charge is 2.44. The van der Waals surface area contributed by atoms with Gasteiger partial charge in [0.05, 0.1) is 25.4 Å². The molecule has 9 heteroatoms. The Hall–Kier alpha value is -2.11. The lowest BCUT2D eigenvalue weighted by Gasteiger charge is -2.40. The van der Waals surface area contributed by atoms with Crippen LogP contribution in [0.5, 0.6) is 0 Å². The van der Waals surface area contributed by atoms with Crippen LogP contribution in [0.2, 0.25) is 0 Å². The maximum atomic E-state index is 13.1. The number of carbonyl (C=O) groups excluding carboxylic acids is 1. The average molecular weight is 1100 g/mol. The van der Waals surface area contributed by atoms with E-state index < -0.39 is 49.5 Å². The van der Waals surface area contributed by atoms with Crippen LogP contribution in [0.4, 0.5) is 0 Å². The lowest BCUT2D eigenvalue weighted by atomic mass is 9.99. The first-order valence-electron chi connectivity index (χ1n) is 33.5. The minimum absolute atomic E-state index is 0.139. The molecule has 1 aliphatic heterocycles. The van der Waals surface area contributed by atoms with Gasteiger partial charge in [0, 0.05) is 6.42 Å². The largest absolute Gasteiger partial charge is 0.394 e. The molecular weight excluding hydrogens is 971 g/mol. The lowest BCUT2D eigenvalue weighted by Crippen LogP contribution is -2.60. The number of aliphatic hydroxyl groups is 5. The number of nitrogens with one attached hydrogen (secondary N) is 1. The Balaban J connectivity index is 2.14. The molecular formula is C69H127NO8. The number of ether oxygens (including phenoxy) is 2. The second kappa shape index (κ2) is 58.1. The molecule has 0 radical (unpaired) electrons. The summed E-state index contributed by atoms with van der Waals surface area (Å²) in [6.07, 6.45) is 72.7. The molecule has 1 saturated heterocycles. The molecule has 7 atom stereocenters. The molecule has 1 rings (SSSR count). The normalized spacial score (nSPS) is 19.0. The highest BCUT2D eigenvalue weighted by Crippen LogP contribution is 2.24. The molecule has 456 valence electrons. The third kappa shape index (κ3) is 46.5. The van der Waals surface area contributed by atoms with Crippen molar-refractivity contribution in [3.05, 3.63) is 60.8 Å². The van der Waals surface area contributed by atoms with Gasteiger partial charge in [0.25, 0.3) is 0 Å². The zero-order chi connectivity index (χ0) is 56.5. The van der Waals surface area contributed by atoms with Crippen LogP contribution in [0.25, 0.3) is 0 Å². The van der Waals surface area contributed by atoms with Gasteiger partial charge in [-0.25, -0.2) is 0 Å². The molecule has 7 unspecified atom stereocenters. The van der Waals surface area contributed by atoms with Gasteiger partial charge in [0.2, 0.25) is 5.91 Å². The first-order valence-corrected chi connectivity index (χ1v) is 33.5. The number of carbonyl (C=O) groups is 1. The van der Waals surface area contributed by atoms with Crippen LogP contribution in [0.15, 0.2) is 60.8 Å². The molecule has 1 amide bonds. The van der Waals surface area contributed by atoms with Crippen LogP contribution in [0.3, 0.4) is 0 Å². The summed E-state index contributed by atoms with van der Waals surface area (Å²) in [5.41, 5.74) is 0. The molecule has 0 saturated carbocycles. The van der Waals surface area contributed by atoms with Crippen molar-refractivity contribution in [2.45, 2.75) is 358 Å². The smallest absolute Gasteiger partial charge is 0.220 e. The Labute approximate surface area is 481 Å². The molecule has 1 heterocycles. The van der Waals surface area contributed by atoms with Crippen LogP contribution in [0.1, 0.15) is 316 Å². The third-order valence-corrected chi connectivity index (χ3v) is 15.9. The quantitative estimate of drug-likeness (QED) is 0.0261. The SMILES string of the molecule is CC/C=C\C/C=C\C/C=C\C/C=C\C/C=C\CCCCCCCCCCCCCC(=O)NC(COC1OC(CO)C(O)C(O)C1O)C(O)CCCCCCCCCCCCCCCCCCCCCCCCCCCCCC. The fourth-order valence-corrected chi connectivity index (χ4v) is 10.7. The predicted octanol–water partition coefficient (Wildman–Crippen LogP) is 17.8. The van der Waals surface area contributed by atoms with Gasteiger partial charge in [-0.1, -0.05) is 312 Å². The Kier molecular flexibility index (Phi) is 55.0. The summed E-state index contributed by atoms with van der Waals surface area (Å²) in [5.74, 6) is -0.145. The zero-order valence-corrected chi connectivity index (χ0v) is 50.9. The van der Waals surface area contributed by atoms with E-state index in [9.17, 15) is 30.3 Å². The van der Waals surface area contributed by atoms with Crippen LogP contribution in [-0.4, -0.2) is 87.5 Å². The Morgan fingerprint density at radius 2 is 0.795 bits per heavy atom. The van der Waals surface area contributed by atoms with Crippen molar-refractivity contribution in [2.24, 2.45) is 0 Å². The van der Waals surface area contributed by atoms with Crippen molar-refractivity contribution < 1.29 is 39.8 Å². The van der Waals surface area contributed by atoms with E-state index >= 15 is 0 Å². The summed E-state index contributed by atoms with van der Waals surface area (Å²) >= 11 is 0. The second-order valence-corrected chi connectivity index (χ2v) is 23.2. The fraction of sp³-hybridized carbons (Fsp3) is 0.841. The molecule has 6 N–H and O–H groups in total. The zero-order valence-electron chi connectivity index (χ0n) is 50.9. The van der Waals surface area contributed by atoms with Crippen molar-refractivity contribution in [1.29, 1.82) is 0 Å². The molecule has 0 aromatic heterocycles. The van der Waals surface area contributed by atoms with Gasteiger partial charge < -0.3 is 40.3 Å². The topological polar surface area (TPSA) is 149 Å². The van der Waals surface area contributed by atoms with Gasteiger partial charge in [0.1, 0.15) is 24.4 Å². The number of rotatable bonds is 58. The molecule has 0 aromatic rings. The summed E-state index contributed by atoms with van der Waals surface area (Å²) in [6, 6.07) is -0.725. The molecule has 1 fully saturated rings. The number of allylic oxidation sites excluding steroid dienone is 10. The van der Waals surface area contributed by atoms with Gasteiger partial charge in [-0.15, -0.1) is 0 Å². The fourth-order valence-electron chi connectivity index (χ4n) is 10.7. The Morgan fingerprint density at radius 3 is 1.18 bits per heavy atom. The van der Waals surface area contributed by atoms with Crippen LogP contribution < -0.4 is 5.32 Å². The van der Waals surface area contributed by atoms with Crippen molar-refractivity contribution >= 4 is 5.91 Å². The van der Waals surface area contributed by atoms with Gasteiger partial charge in [-0.2, -0.15) is 0 Å². The van der Waals surface area contributed by atoms with E-state index in [0.717, 1.165) is 70.6 Å². The lowest BCUT2D eigenvalue weighted by molar-refractivity contribution is -0.302. The van der Waals surface area contributed by atoms with Crippen LogP contribution in [-0.2, 0) is 14.3 Å². The molecule has 9 nitrogen and oxygen atoms in total. The molecule has 1 aliphatic rings. The van der Waals surface area contributed by atoms with Gasteiger partial charge in [0.15, 0.2) is 6.29 Å². The molecule has 78 heavy (non-hydrogen) atoms. The standard InChI is InChI=1S/C69H127NO8/c1-3-5-7-9-11-13-15-17-19-21-23-25-27-29-31-33-34-36-38-40-42-44-46-48-50-52-54-56-58-63(72)62(61-77-69-68(76)67(75)66(74)64(60-71)78-69)70-65(73)59-57-55-53-51-49-47-45-43-41-39-37-35-32-30-28-26-24-22-20-18-16-14-12-10-8-6-4-2/h6,8,12,14,18,20,24,26,30,32,62-64,66-69,71-72,74-76H,3-5,7,9-11,13,15-17,19,21-23,25,27-29,31,33-61H2,1-2H3,(H,70,73)/b8-6-,14-12-,20-18-,26-24-,32-30-. The van der Waals surface area contributed by atoms with E-state index in [0.29, 0.717) is 12.8 Å². The Bertz CT molecular complexity index is 1410. The van der Waals surface area contributed by atoms with Gasteiger partial charge in [-0.3, -0.25) is 4.79 Å². The minimum atomic E-state index is -1.56. The highest BCUT2D eigenvalue weighted by molar-refractivity contribution is 5.76. The first-order chi connectivity index (χ1) is 38.3. The minimum Gasteiger partial charge on any atom is -0.394 e. The molecule has 0 spiro atoms. The van der Waals surface area contributed by atoms with E-state index in [1.807, 2.05) is 0 Å². The summed E-state index contributed by atoms with van der Waals surface area (Å²) in [5, 5.41) is 54.9. The van der Waals surface area contributed by atoms with Gasteiger partial charge in [-0.05, 0) is 57.8 Å². The summed E-state index contributed by atoms with van der Waals surface area (Å²) < 4.78 is 11.4. The molecule has 0 aliphatic carbocycles. The molecule has 0 bridgehead atoms. The van der Waals surface area contributed by atoms with Crippen molar-refractivity contribution in [1.82, 2.24) is 5.32 Å². The van der Waals surface area contributed by atoms with E-state index in [2.05, 4.69) is 79.9 Å². The van der Waals surface area contributed by atoms with Gasteiger partial charge >= 0.3 is 0 Å². The van der Waals surface area contributed by atoms with E-state index in [-0.39, 0.29) is 12.5 Å². The maximum absolute atomic E-state index is 13.1. The number of hydrogen-bond donors (Lipinski definition) is 6. The number of hydrogen-bond acceptors (Lipinski definition) is 8. The predicted molar refractivity (Wildman–Crippen MR) is 332 cm³/mol. The first kappa shape index (κ1) is 73.9. The highest BCUT2D eigenvalue weighted by atomic mass is 16.7. The number of unbranched alkanes of at least 4 members (excludes halogenated alkanes) is 38. The number of amides is 1. The molecule has 0 aromatic carbocycles. The second-order valence-electron chi connectivity index (χ2n) is 23.2. The maximum Gasteiger partial charge on any atom is 0.220 e. The van der Waals surface area contributed by atoms with Crippen molar-refractivity contribution in [3.8, 4) is 0 Å². The summed E-state index contributed by atoms with van der Waals surface area (Å²) in [6.45, 7) is 3.76. The summed E-state index contributed by atoms with van der Waals surface area (Å²) in [4.78, 5) is 13.1. The third-order valence-electron chi connectivity index (χ3n) is 15.9. The van der Waals surface area contributed by atoms with Crippen molar-refractivity contribution in [2.75, 3.05) is 13.2 Å². The van der Waals surface area contributed by atoms with E-state index in [4.69, 9.17) is 9.47 Å². The van der Waals surface area contributed by atoms with Crippen molar-refractivity contribution in [3.63, 3.8) is 0 Å².